The smallest absolute Gasteiger partial charge is 0.0860 e. The Labute approximate surface area is 118 Å². The van der Waals surface area contributed by atoms with Crippen LogP contribution in [0.3, 0.4) is 0 Å². The first-order valence-electron chi connectivity index (χ1n) is 6.01. The van der Waals surface area contributed by atoms with E-state index in [1.165, 1.54) is 0 Å². The van der Waals surface area contributed by atoms with Crippen molar-refractivity contribution in [3.63, 3.8) is 0 Å². The van der Waals surface area contributed by atoms with E-state index in [9.17, 15) is 0 Å². The number of azo groups is 1. The summed E-state index contributed by atoms with van der Waals surface area (Å²) in [4.78, 5) is 2.05. The molecule has 0 unspecified atom stereocenters. The van der Waals surface area contributed by atoms with Crippen LogP contribution in [0.1, 0.15) is 5.56 Å². The number of benzene rings is 2. The zero-order valence-corrected chi connectivity index (χ0v) is 12.0. The Morgan fingerprint density at radius 2 is 1.47 bits per heavy atom. The van der Waals surface area contributed by atoms with Gasteiger partial charge in [-0.15, -0.1) is 0 Å². The number of aryl methyl sites for hydroxylation is 1. The lowest BCUT2D eigenvalue weighted by atomic mass is 10.2. The highest BCUT2D eigenvalue weighted by molar-refractivity contribution is 6.31. The highest BCUT2D eigenvalue weighted by Gasteiger charge is 1.97. The quantitative estimate of drug-likeness (QED) is 0.713. The van der Waals surface area contributed by atoms with Crippen molar-refractivity contribution in [2.24, 2.45) is 10.2 Å². The van der Waals surface area contributed by atoms with Gasteiger partial charge in [0.25, 0.3) is 0 Å². The number of halogens is 1. The van der Waals surface area contributed by atoms with E-state index in [0.717, 1.165) is 27.6 Å². The van der Waals surface area contributed by atoms with Crippen LogP contribution in [0.15, 0.2) is 52.7 Å². The minimum Gasteiger partial charge on any atom is -0.378 e. The van der Waals surface area contributed by atoms with Crippen molar-refractivity contribution in [3.05, 3.63) is 53.1 Å². The minimum atomic E-state index is 0.745. The van der Waals surface area contributed by atoms with E-state index in [4.69, 9.17) is 11.6 Å². The Hall–Kier alpha value is -1.87. The number of hydrogen-bond acceptors (Lipinski definition) is 3. The SMILES string of the molecule is Cc1cc(N=Nc2ccc(N(C)C)cc2)ccc1Cl. The van der Waals surface area contributed by atoms with E-state index in [0.29, 0.717) is 0 Å². The first kappa shape index (κ1) is 13.6. The first-order chi connectivity index (χ1) is 9.06. The number of hydrogen-bond donors (Lipinski definition) is 0. The fraction of sp³-hybridized carbons (Fsp3) is 0.200. The molecule has 0 amide bonds. The molecular weight excluding hydrogens is 258 g/mol. The van der Waals surface area contributed by atoms with Gasteiger partial charge in [0.1, 0.15) is 0 Å². The van der Waals surface area contributed by atoms with Crippen LogP contribution in [-0.2, 0) is 0 Å². The van der Waals surface area contributed by atoms with Crippen LogP contribution in [0.5, 0.6) is 0 Å². The zero-order chi connectivity index (χ0) is 13.8. The molecule has 2 aromatic carbocycles. The summed E-state index contributed by atoms with van der Waals surface area (Å²) in [7, 11) is 4.01. The van der Waals surface area contributed by atoms with Gasteiger partial charge in [-0.25, -0.2) is 0 Å². The predicted octanol–water partition coefficient (Wildman–Crippen LogP) is 5.13. The fourth-order valence-corrected chi connectivity index (χ4v) is 1.74. The van der Waals surface area contributed by atoms with E-state index in [-0.39, 0.29) is 0 Å². The predicted molar refractivity (Wildman–Crippen MR) is 81.1 cm³/mol. The van der Waals surface area contributed by atoms with Gasteiger partial charge in [-0.2, -0.15) is 10.2 Å². The summed E-state index contributed by atoms with van der Waals surface area (Å²) in [5.41, 5.74) is 3.78. The molecular formula is C15H16ClN3. The van der Waals surface area contributed by atoms with E-state index in [1.54, 1.807) is 0 Å². The van der Waals surface area contributed by atoms with Crippen molar-refractivity contribution in [1.29, 1.82) is 0 Å². The molecule has 2 aromatic rings. The van der Waals surface area contributed by atoms with Crippen molar-refractivity contribution in [2.45, 2.75) is 6.92 Å². The molecule has 0 aliphatic heterocycles. The maximum atomic E-state index is 5.97. The molecule has 0 bridgehead atoms. The number of rotatable bonds is 3. The summed E-state index contributed by atoms with van der Waals surface area (Å²) >= 11 is 5.97. The zero-order valence-electron chi connectivity index (χ0n) is 11.3. The number of nitrogens with zero attached hydrogens (tertiary/aromatic N) is 3. The molecule has 0 radical (unpaired) electrons. The molecule has 0 saturated heterocycles. The lowest BCUT2D eigenvalue weighted by molar-refractivity contribution is 1.13. The van der Waals surface area contributed by atoms with Crippen molar-refractivity contribution in [1.82, 2.24) is 0 Å². The molecule has 2 rings (SSSR count). The maximum Gasteiger partial charge on any atom is 0.0860 e. The molecule has 0 atom stereocenters. The minimum absolute atomic E-state index is 0.745. The third kappa shape index (κ3) is 3.55. The number of anilines is 1. The molecule has 19 heavy (non-hydrogen) atoms. The molecule has 3 nitrogen and oxygen atoms in total. The molecule has 0 N–H and O–H groups in total. The topological polar surface area (TPSA) is 28.0 Å². The third-order valence-corrected chi connectivity index (χ3v) is 3.21. The molecule has 0 aliphatic rings. The highest BCUT2D eigenvalue weighted by atomic mass is 35.5. The van der Waals surface area contributed by atoms with Crippen molar-refractivity contribution < 1.29 is 0 Å². The molecule has 0 aliphatic carbocycles. The van der Waals surface area contributed by atoms with Crippen molar-refractivity contribution >= 4 is 28.7 Å². The van der Waals surface area contributed by atoms with Gasteiger partial charge in [-0.3, -0.25) is 0 Å². The molecule has 0 saturated carbocycles. The fourth-order valence-electron chi connectivity index (χ4n) is 1.62. The normalized spacial score (nSPS) is 10.9. The Bertz CT molecular complexity index is 589. The second kappa shape index (κ2) is 5.85. The Kier molecular flexibility index (Phi) is 4.17. The first-order valence-corrected chi connectivity index (χ1v) is 6.39. The summed E-state index contributed by atoms with van der Waals surface area (Å²) in [5.74, 6) is 0. The maximum absolute atomic E-state index is 5.97. The van der Waals surface area contributed by atoms with Crippen LogP contribution in [0, 0.1) is 6.92 Å². The molecule has 0 fully saturated rings. The third-order valence-electron chi connectivity index (χ3n) is 2.79. The molecule has 0 spiro atoms. The second-order valence-electron chi connectivity index (χ2n) is 4.54. The van der Waals surface area contributed by atoms with Crippen LogP contribution in [0.4, 0.5) is 17.1 Å². The molecule has 0 aromatic heterocycles. The van der Waals surface area contributed by atoms with Crippen molar-refractivity contribution in [3.8, 4) is 0 Å². The van der Waals surface area contributed by atoms with Gasteiger partial charge < -0.3 is 4.90 Å². The van der Waals surface area contributed by atoms with Gasteiger partial charge in [0, 0.05) is 24.8 Å². The van der Waals surface area contributed by atoms with E-state index in [1.807, 2.05) is 68.4 Å². The van der Waals surface area contributed by atoms with Crippen molar-refractivity contribution in [2.75, 3.05) is 19.0 Å². The van der Waals surface area contributed by atoms with Gasteiger partial charge in [0.2, 0.25) is 0 Å². The van der Waals surface area contributed by atoms with Gasteiger partial charge in [0.05, 0.1) is 11.4 Å². The molecule has 0 heterocycles. The van der Waals surface area contributed by atoms with Crippen LogP contribution in [0.2, 0.25) is 5.02 Å². The standard InChI is InChI=1S/C15H16ClN3/c1-11-10-13(6-9-15(11)16)18-17-12-4-7-14(8-5-12)19(2)3/h4-10H,1-3H3. The van der Waals surface area contributed by atoms with Crippen LogP contribution in [-0.4, -0.2) is 14.1 Å². The summed E-state index contributed by atoms with van der Waals surface area (Å²) < 4.78 is 0. The summed E-state index contributed by atoms with van der Waals surface area (Å²) in [6.07, 6.45) is 0. The largest absolute Gasteiger partial charge is 0.378 e. The lowest BCUT2D eigenvalue weighted by Crippen LogP contribution is -2.07. The highest BCUT2D eigenvalue weighted by Crippen LogP contribution is 2.24. The van der Waals surface area contributed by atoms with Gasteiger partial charge in [-0.1, -0.05) is 11.6 Å². The molecule has 98 valence electrons. The average Bonchev–Trinajstić information content (AvgIpc) is 2.40. The Morgan fingerprint density at radius 1 is 0.895 bits per heavy atom. The second-order valence-corrected chi connectivity index (χ2v) is 4.95. The summed E-state index contributed by atoms with van der Waals surface area (Å²) in [6, 6.07) is 13.5. The lowest BCUT2D eigenvalue weighted by Gasteiger charge is -2.11. The van der Waals surface area contributed by atoms with Gasteiger partial charge in [-0.05, 0) is 55.0 Å². The monoisotopic (exact) mass is 273 g/mol. The molecule has 4 heteroatoms. The van der Waals surface area contributed by atoms with E-state index >= 15 is 0 Å². The van der Waals surface area contributed by atoms with E-state index < -0.39 is 0 Å². The van der Waals surface area contributed by atoms with Gasteiger partial charge >= 0.3 is 0 Å². The van der Waals surface area contributed by atoms with Crippen LogP contribution in [0.25, 0.3) is 0 Å². The average molecular weight is 274 g/mol. The van der Waals surface area contributed by atoms with Crippen LogP contribution >= 0.6 is 11.6 Å². The van der Waals surface area contributed by atoms with Crippen LogP contribution < -0.4 is 4.90 Å². The Morgan fingerprint density at radius 3 is 2.05 bits per heavy atom. The Balaban J connectivity index is 2.15. The van der Waals surface area contributed by atoms with E-state index in [2.05, 4.69) is 10.2 Å². The summed E-state index contributed by atoms with van der Waals surface area (Å²) in [6.45, 7) is 1.95. The van der Waals surface area contributed by atoms with Gasteiger partial charge in [0.15, 0.2) is 0 Å². The summed E-state index contributed by atoms with van der Waals surface area (Å²) in [5, 5.41) is 9.16.